The Morgan fingerprint density at radius 2 is 1.06 bits per heavy atom. The molecule has 0 radical (unpaired) electrons. The number of hydrogen-bond donors (Lipinski definition) is 0. The van der Waals surface area contributed by atoms with Crippen molar-refractivity contribution in [3.05, 3.63) is 48.6 Å². The highest BCUT2D eigenvalue weighted by Gasteiger charge is 2.25. The van der Waals surface area contributed by atoms with Crippen LogP contribution in [0.5, 0.6) is 0 Å². The SMILES string of the molecule is CC/C=C/C/C=C/C/C=C/CCCCCCCCC(=O)OCC(COCCC(C(=O)[O-])[N+](C)(C)C)OC(=O)CCCCC/C=C/CCCCCCCC. The lowest BCUT2D eigenvalue weighted by molar-refractivity contribution is -0.889. The maximum absolute atomic E-state index is 12.7. The molecule has 0 aliphatic heterocycles. The summed E-state index contributed by atoms with van der Waals surface area (Å²) in [5.41, 5.74) is 0. The number of carboxylic acids is 1. The lowest BCUT2D eigenvalue weighted by Gasteiger charge is -2.34. The number of likely N-dealkylation sites (N-methyl/N-ethyl adjacent to an activating group) is 1. The van der Waals surface area contributed by atoms with Gasteiger partial charge in [-0.1, -0.05) is 127 Å². The summed E-state index contributed by atoms with van der Waals surface area (Å²) in [6.45, 7) is 4.50. The second-order valence-corrected chi connectivity index (χ2v) is 15.2. The van der Waals surface area contributed by atoms with Crippen LogP contribution in [-0.2, 0) is 28.6 Å². The minimum Gasteiger partial charge on any atom is -0.544 e. The first-order chi connectivity index (χ1) is 25.6. The zero-order chi connectivity index (χ0) is 39.3. The molecule has 0 aliphatic carbocycles. The number of unbranched alkanes of at least 4 members (excludes halogenated alkanes) is 15. The van der Waals surface area contributed by atoms with Gasteiger partial charge in [0.2, 0.25) is 0 Å². The van der Waals surface area contributed by atoms with Crippen molar-refractivity contribution in [2.45, 2.75) is 180 Å². The van der Waals surface area contributed by atoms with Gasteiger partial charge in [0.25, 0.3) is 0 Å². The third-order valence-electron chi connectivity index (χ3n) is 9.20. The smallest absolute Gasteiger partial charge is 0.306 e. The van der Waals surface area contributed by atoms with Gasteiger partial charge < -0.3 is 28.6 Å². The first-order valence-electron chi connectivity index (χ1n) is 21.2. The number of carboxylic acid groups (broad SMARTS) is 1. The molecule has 8 nitrogen and oxygen atoms in total. The van der Waals surface area contributed by atoms with Gasteiger partial charge in [0.1, 0.15) is 12.6 Å². The summed E-state index contributed by atoms with van der Waals surface area (Å²) >= 11 is 0. The summed E-state index contributed by atoms with van der Waals surface area (Å²) in [7, 11) is 5.39. The maximum atomic E-state index is 12.7. The van der Waals surface area contributed by atoms with E-state index in [1.807, 2.05) is 0 Å². The molecule has 0 fully saturated rings. The molecule has 0 saturated carbocycles. The molecule has 0 spiro atoms. The van der Waals surface area contributed by atoms with Crippen molar-refractivity contribution in [1.29, 1.82) is 0 Å². The van der Waals surface area contributed by atoms with E-state index >= 15 is 0 Å². The number of nitrogens with zero attached hydrogens (tertiary/aromatic N) is 1. The molecular formula is C45H79NO7. The topological polar surface area (TPSA) is 102 Å². The first-order valence-corrected chi connectivity index (χ1v) is 21.2. The molecule has 0 aromatic heterocycles. The van der Waals surface area contributed by atoms with E-state index in [-0.39, 0.29) is 42.7 Å². The average Bonchev–Trinajstić information content (AvgIpc) is 3.11. The van der Waals surface area contributed by atoms with Gasteiger partial charge in [-0.2, -0.15) is 0 Å². The van der Waals surface area contributed by atoms with E-state index in [0.717, 1.165) is 83.5 Å². The minimum atomic E-state index is -1.13. The van der Waals surface area contributed by atoms with Crippen molar-refractivity contribution >= 4 is 17.9 Å². The number of quaternary nitrogens is 1. The van der Waals surface area contributed by atoms with E-state index in [1.165, 1.54) is 51.4 Å². The Hall–Kier alpha value is -2.71. The van der Waals surface area contributed by atoms with Crippen LogP contribution in [-0.4, -0.2) is 75.5 Å². The monoisotopic (exact) mass is 746 g/mol. The summed E-state index contributed by atoms with van der Waals surface area (Å²) in [6, 6.07) is -0.730. The maximum Gasteiger partial charge on any atom is 0.306 e. The number of rotatable bonds is 37. The first kappa shape index (κ1) is 50.3. The van der Waals surface area contributed by atoms with Gasteiger partial charge in [-0.15, -0.1) is 0 Å². The minimum absolute atomic E-state index is 0.0296. The molecule has 0 aromatic rings. The summed E-state index contributed by atoms with van der Waals surface area (Å²) < 4.78 is 17.1. The largest absolute Gasteiger partial charge is 0.544 e. The number of carbonyl (C=O) groups excluding carboxylic acids is 3. The molecule has 0 saturated heterocycles. The van der Waals surface area contributed by atoms with Gasteiger partial charge in [0, 0.05) is 19.3 Å². The molecule has 2 atom stereocenters. The second kappa shape index (κ2) is 36.3. The summed E-state index contributed by atoms with van der Waals surface area (Å²) in [6.07, 6.45) is 41.3. The Kier molecular flexibility index (Phi) is 34.4. The predicted molar refractivity (Wildman–Crippen MR) is 217 cm³/mol. The number of carbonyl (C=O) groups is 3. The van der Waals surface area contributed by atoms with E-state index < -0.39 is 18.1 Å². The van der Waals surface area contributed by atoms with Gasteiger partial charge in [0.05, 0.1) is 40.3 Å². The Labute approximate surface area is 325 Å². The van der Waals surface area contributed by atoms with Crippen LogP contribution in [0.4, 0.5) is 0 Å². The van der Waals surface area contributed by atoms with Crippen molar-refractivity contribution in [1.82, 2.24) is 0 Å². The molecule has 2 unspecified atom stereocenters. The molecule has 0 amide bonds. The summed E-state index contributed by atoms with van der Waals surface area (Å²) in [5, 5.41) is 11.6. The third kappa shape index (κ3) is 34.8. The van der Waals surface area contributed by atoms with Crippen LogP contribution in [0.25, 0.3) is 0 Å². The molecule has 0 aliphatic rings. The van der Waals surface area contributed by atoms with Crippen molar-refractivity contribution in [2.24, 2.45) is 0 Å². The van der Waals surface area contributed by atoms with E-state index in [0.29, 0.717) is 12.8 Å². The van der Waals surface area contributed by atoms with Gasteiger partial charge in [-0.25, -0.2) is 0 Å². The molecule has 53 heavy (non-hydrogen) atoms. The van der Waals surface area contributed by atoms with Crippen LogP contribution in [0.15, 0.2) is 48.6 Å². The molecule has 0 aromatic carbocycles. The fourth-order valence-corrected chi connectivity index (χ4v) is 5.90. The summed E-state index contributed by atoms with van der Waals surface area (Å²) in [4.78, 5) is 36.8. The van der Waals surface area contributed by atoms with Gasteiger partial charge in [0.15, 0.2) is 6.10 Å². The van der Waals surface area contributed by atoms with Crippen LogP contribution in [0.3, 0.4) is 0 Å². The quantitative estimate of drug-likeness (QED) is 0.0270. The molecule has 0 heterocycles. The predicted octanol–water partition coefficient (Wildman–Crippen LogP) is 9.91. The molecule has 0 bridgehead atoms. The normalized spacial score (nSPS) is 13.5. The Morgan fingerprint density at radius 1 is 0.585 bits per heavy atom. The Morgan fingerprint density at radius 3 is 1.60 bits per heavy atom. The van der Waals surface area contributed by atoms with Crippen molar-refractivity contribution in [3.8, 4) is 0 Å². The van der Waals surface area contributed by atoms with Crippen LogP contribution < -0.4 is 5.11 Å². The zero-order valence-corrected chi connectivity index (χ0v) is 34.7. The summed E-state index contributed by atoms with van der Waals surface area (Å²) in [5.74, 6) is -1.78. The highest BCUT2D eigenvalue weighted by Crippen LogP contribution is 2.13. The van der Waals surface area contributed by atoms with E-state index in [4.69, 9.17) is 14.2 Å². The van der Waals surface area contributed by atoms with Gasteiger partial charge >= 0.3 is 11.9 Å². The van der Waals surface area contributed by atoms with Crippen LogP contribution >= 0.6 is 0 Å². The van der Waals surface area contributed by atoms with E-state index in [2.05, 4.69) is 62.5 Å². The zero-order valence-electron chi connectivity index (χ0n) is 34.7. The highest BCUT2D eigenvalue weighted by atomic mass is 16.6. The van der Waals surface area contributed by atoms with Crippen molar-refractivity contribution in [2.75, 3.05) is 41.0 Å². The average molecular weight is 746 g/mol. The third-order valence-corrected chi connectivity index (χ3v) is 9.20. The molecular weight excluding hydrogens is 666 g/mol. The highest BCUT2D eigenvalue weighted by molar-refractivity contribution is 5.70. The number of aliphatic carboxylic acids is 1. The van der Waals surface area contributed by atoms with E-state index in [9.17, 15) is 19.5 Å². The lowest BCUT2D eigenvalue weighted by atomic mass is 10.1. The lowest BCUT2D eigenvalue weighted by Crippen LogP contribution is -2.55. The van der Waals surface area contributed by atoms with E-state index in [1.54, 1.807) is 21.1 Å². The van der Waals surface area contributed by atoms with Crippen molar-refractivity contribution in [3.63, 3.8) is 0 Å². The van der Waals surface area contributed by atoms with Crippen LogP contribution in [0.2, 0.25) is 0 Å². The Bertz CT molecular complexity index is 1010. The molecule has 8 heteroatoms. The molecule has 0 rings (SSSR count). The fraction of sp³-hybridized carbons (Fsp3) is 0.756. The van der Waals surface area contributed by atoms with Crippen molar-refractivity contribution < 1.29 is 38.2 Å². The van der Waals surface area contributed by atoms with Gasteiger partial charge in [-0.3, -0.25) is 9.59 Å². The number of ether oxygens (including phenoxy) is 3. The fourth-order valence-electron chi connectivity index (χ4n) is 5.90. The van der Waals surface area contributed by atoms with Gasteiger partial charge in [-0.05, 0) is 70.6 Å². The second-order valence-electron chi connectivity index (χ2n) is 15.2. The Balaban J connectivity index is 4.41. The molecule has 0 N–H and O–H groups in total. The molecule has 306 valence electrons. The number of allylic oxidation sites excluding steroid dienone is 8. The number of hydrogen-bond acceptors (Lipinski definition) is 7. The van der Waals surface area contributed by atoms with Crippen LogP contribution in [0.1, 0.15) is 168 Å². The number of esters is 2. The van der Waals surface area contributed by atoms with Crippen LogP contribution in [0, 0.1) is 0 Å². The standard InChI is InChI=1S/C45H79NO7/c1-6-8-10-12-14-16-18-20-21-22-24-25-27-29-31-33-35-43(47)52-40-41(39-51-38-37-42(45(49)50)46(3,4)5)53-44(48)36-34-32-30-28-26-23-19-17-15-13-11-9-7-2/h8,10,14,16,20-21,23,26,41-42H,6-7,9,11-13,15,17-19,22,24-25,27-40H2,1-5H3/b10-8+,16-14+,21-20+,26-23+.